The van der Waals surface area contributed by atoms with Gasteiger partial charge in [0.15, 0.2) is 0 Å². The van der Waals surface area contributed by atoms with Gasteiger partial charge in [0.2, 0.25) is 0 Å². The Hall–Kier alpha value is -0.670. The van der Waals surface area contributed by atoms with Crippen LogP contribution in [0.4, 0.5) is 0 Å². The van der Waals surface area contributed by atoms with Crippen molar-refractivity contribution >= 4 is 11.8 Å². The van der Waals surface area contributed by atoms with Gasteiger partial charge < -0.3 is 9.84 Å². The van der Waals surface area contributed by atoms with Gasteiger partial charge in [-0.3, -0.25) is 0 Å². The SMILES string of the molecule is Cc1cccc(OCCSC(C)CO)c1. The summed E-state index contributed by atoms with van der Waals surface area (Å²) in [5, 5.41) is 9.12. The van der Waals surface area contributed by atoms with Crippen LogP contribution in [0.3, 0.4) is 0 Å². The number of aliphatic hydroxyl groups excluding tert-OH is 1. The Morgan fingerprint density at radius 1 is 1.47 bits per heavy atom. The molecule has 0 saturated carbocycles. The minimum Gasteiger partial charge on any atom is -0.493 e. The molecule has 84 valence electrons. The van der Waals surface area contributed by atoms with Crippen molar-refractivity contribution in [1.29, 1.82) is 0 Å². The molecule has 0 saturated heterocycles. The Kier molecular flexibility index (Phi) is 5.58. The van der Waals surface area contributed by atoms with Gasteiger partial charge in [0, 0.05) is 11.0 Å². The number of benzene rings is 1. The molecule has 3 heteroatoms. The third-order valence-electron chi connectivity index (χ3n) is 2.00. The Morgan fingerprint density at radius 2 is 2.27 bits per heavy atom. The van der Waals surface area contributed by atoms with E-state index >= 15 is 0 Å². The third kappa shape index (κ3) is 5.09. The fourth-order valence-electron chi connectivity index (χ4n) is 1.17. The fourth-order valence-corrected chi connectivity index (χ4v) is 1.85. The van der Waals surface area contributed by atoms with Crippen molar-refractivity contribution in [2.75, 3.05) is 19.0 Å². The van der Waals surface area contributed by atoms with Gasteiger partial charge in [0.25, 0.3) is 0 Å². The van der Waals surface area contributed by atoms with E-state index in [4.69, 9.17) is 9.84 Å². The first-order chi connectivity index (χ1) is 7.22. The second-order valence-electron chi connectivity index (χ2n) is 3.53. The van der Waals surface area contributed by atoms with Gasteiger partial charge in [0.1, 0.15) is 5.75 Å². The molecule has 1 aromatic carbocycles. The number of hydrogen-bond donors (Lipinski definition) is 1. The van der Waals surface area contributed by atoms with E-state index in [0.29, 0.717) is 11.9 Å². The maximum atomic E-state index is 8.83. The summed E-state index contributed by atoms with van der Waals surface area (Å²) in [5.74, 6) is 1.84. The molecule has 0 bridgehead atoms. The first kappa shape index (κ1) is 12.4. The molecule has 2 nitrogen and oxygen atoms in total. The zero-order valence-electron chi connectivity index (χ0n) is 9.27. The molecule has 0 aliphatic carbocycles. The highest BCUT2D eigenvalue weighted by atomic mass is 32.2. The van der Waals surface area contributed by atoms with Crippen LogP contribution in [0.15, 0.2) is 24.3 Å². The summed E-state index contributed by atoms with van der Waals surface area (Å²) >= 11 is 1.72. The van der Waals surface area contributed by atoms with Crippen LogP contribution < -0.4 is 4.74 Å². The molecule has 0 spiro atoms. The van der Waals surface area contributed by atoms with Crippen LogP contribution in [0.1, 0.15) is 12.5 Å². The van der Waals surface area contributed by atoms with E-state index in [0.717, 1.165) is 11.5 Å². The Morgan fingerprint density at radius 3 is 2.93 bits per heavy atom. The molecular formula is C12H18O2S. The minimum atomic E-state index is 0.231. The second kappa shape index (κ2) is 6.75. The molecule has 0 amide bonds. The molecule has 0 fully saturated rings. The lowest BCUT2D eigenvalue weighted by atomic mass is 10.2. The molecule has 0 aromatic heterocycles. The van der Waals surface area contributed by atoms with Gasteiger partial charge in [-0.15, -0.1) is 0 Å². The fraction of sp³-hybridized carbons (Fsp3) is 0.500. The highest BCUT2D eigenvalue weighted by molar-refractivity contribution is 7.99. The molecule has 0 aliphatic heterocycles. The lowest BCUT2D eigenvalue weighted by molar-refractivity contribution is 0.299. The van der Waals surface area contributed by atoms with E-state index in [9.17, 15) is 0 Å². The number of aliphatic hydroxyl groups is 1. The van der Waals surface area contributed by atoms with E-state index in [1.165, 1.54) is 5.56 Å². The maximum absolute atomic E-state index is 8.83. The van der Waals surface area contributed by atoms with Gasteiger partial charge in [-0.1, -0.05) is 19.1 Å². The van der Waals surface area contributed by atoms with Crippen LogP contribution in [0.25, 0.3) is 0 Å². The Labute approximate surface area is 95.7 Å². The Balaban J connectivity index is 2.20. The monoisotopic (exact) mass is 226 g/mol. The summed E-state index contributed by atoms with van der Waals surface area (Å²) < 4.78 is 5.58. The highest BCUT2D eigenvalue weighted by Gasteiger charge is 2.00. The van der Waals surface area contributed by atoms with Crippen molar-refractivity contribution in [2.24, 2.45) is 0 Å². The van der Waals surface area contributed by atoms with Crippen molar-refractivity contribution in [1.82, 2.24) is 0 Å². The largest absolute Gasteiger partial charge is 0.493 e. The number of rotatable bonds is 6. The zero-order chi connectivity index (χ0) is 11.1. The third-order valence-corrected chi connectivity index (χ3v) is 3.12. The van der Waals surface area contributed by atoms with Crippen LogP contribution in [0.5, 0.6) is 5.75 Å². The van der Waals surface area contributed by atoms with Crippen molar-refractivity contribution in [2.45, 2.75) is 19.1 Å². The van der Waals surface area contributed by atoms with Crippen molar-refractivity contribution in [3.05, 3.63) is 29.8 Å². The van der Waals surface area contributed by atoms with Gasteiger partial charge in [-0.2, -0.15) is 11.8 Å². The van der Waals surface area contributed by atoms with Crippen LogP contribution in [0, 0.1) is 6.92 Å². The molecule has 15 heavy (non-hydrogen) atoms. The minimum absolute atomic E-state index is 0.231. The van der Waals surface area contributed by atoms with Crippen LogP contribution in [0.2, 0.25) is 0 Å². The highest BCUT2D eigenvalue weighted by Crippen LogP contribution is 2.14. The van der Waals surface area contributed by atoms with Crippen LogP contribution in [-0.4, -0.2) is 29.3 Å². The standard InChI is InChI=1S/C12H18O2S/c1-10-4-3-5-12(8-10)14-6-7-15-11(2)9-13/h3-5,8,11,13H,6-7,9H2,1-2H3. The van der Waals surface area contributed by atoms with Crippen molar-refractivity contribution in [3.8, 4) is 5.75 Å². The average Bonchev–Trinajstić information content (AvgIpc) is 2.24. The zero-order valence-corrected chi connectivity index (χ0v) is 10.1. The molecule has 1 aromatic rings. The summed E-state index contributed by atoms with van der Waals surface area (Å²) in [6.45, 7) is 4.99. The summed E-state index contributed by atoms with van der Waals surface area (Å²) in [4.78, 5) is 0. The second-order valence-corrected chi connectivity index (χ2v) is 5.08. The number of hydrogen-bond acceptors (Lipinski definition) is 3. The Bertz CT molecular complexity index is 289. The topological polar surface area (TPSA) is 29.5 Å². The maximum Gasteiger partial charge on any atom is 0.119 e. The van der Waals surface area contributed by atoms with Gasteiger partial charge in [-0.05, 0) is 24.6 Å². The summed E-state index contributed by atoms with van der Waals surface area (Å²) in [5.41, 5.74) is 1.21. The van der Waals surface area contributed by atoms with Gasteiger partial charge in [0.05, 0.1) is 13.2 Å². The van der Waals surface area contributed by atoms with Crippen molar-refractivity contribution in [3.63, 3.8) is 0 Å². The number of ether oxygens (including phenoxy) is 1. The number of aryl methyl sites for hydroxylation is 1. The normalized spacial score (nSPS) is 12.5. The molecule has 0 heterocycles. The van der Waals surface area contributed by atoms with E-state index in [1.807, 2.05) is 25.1 Å². The smallest absolute Gasteiger partial charge is 0.119 e. The van der Waals surface area contributed by atoms with Crippen LogP contribution in [-0.2, 0) is 0 Å². The lowest BCUT2D eigenvalue weighted by Crippen LogP contribution is -2.07. The summed E-state index contributed by atoms with van der Waals surface area (Å²) in [6.07, 6.45) is 0. The van der Waals surface area contributed by atoms with E-state index in [1.54, 1.807) is 11.8 Å². The lowest BCUT2D eigenvalue weighted by Gasteiger charge is -2.09. The molecule has 0 aliphatic rings. The first-order valence-corrected chi connectivity index (χ1v) is 6.19. The van der Waals surface area contributed by atoms with E-state index in [-0.39, 0.29) is 6.61 Å². The molecule has 1 unspecified atom stereocenters. The molecule has 1 rings (SSSR count). The summed E-state index contributed by atoms with van der Waals surface area (Å²) in [6, 6.07) is 8.04. The predicted octanol–water partition coefficient (Wildman–Crippen LogP) is 2.49. The van der Waals surface area contributed by atoms with Crippen molar-refractivity contribution < 1.29 is 9.84 Å². The number of thioether (sulfide) groups is 1. The average molecular weight is 226 g/mol. The van der Waals surface area contributed by atoms with E-state index in [2.05, 4.69) is 13.0 Å². The van der Waals surface area contributed by atoms with Crippen LogP contribution >= 0.6 is 11.8 Å². The molecule has 1 atom stereocenters. The molecular weight excluding hydrogens is 208 g/mol. The quantitative estimate of drug-likeness (QED) is 0.756. The molecule has 1 N–H and O–H groups in total. The van der Waals surface area contributed by atoms with E-state index < -0.39 is 0 Å². The first-order valence-electron chi connectivity index (χ1n) is 5.14. The van der Waals surface area contributed by atoms with Gasteiger partial charge >= 0.3 is 0 Å². The van der Waals surface area contributed by atoms with Gasteiger partial charge in [-0.25, -0.2) is 0 Å². The summed E-state index contributed by atoms with van der Waals surface area (Å²) in [7, 11) is 0. The molecule has 0 radical (unpaired) electrons. The predicted molar refractivity (Wildman–Crippen MR) is 65.7 cm³/mol.